The molecule has 1 saturated heterocycles. The van der Waals surface area contributed by atoms with Crippen molar-refractivity contribution in [3.63, 3.8) is 0 Å². The smallest absolute Gasteiger partial charge is 0.322 e. The zero-order valence-electron chi connectivity index (χ0n) is 15.6. The third-order valence-electron chi connectivity index (χ3n) is 4.37. The van der Waals surface area contributed by atoms with E-state index in [2.05, 4.69) is 0 Å². The Morgan fingerprint density at radius 3 is 1.81 bits per heavy atom. The van der Waals surface area contributed by atoms with Gasteiger partial charge in [-0.3, -0.25) is 9.69 Å². The van der Waals surface area contributed by atoms with Gasteiger partial charge in [0.1, 0.15) is 0 Å². The molecule has 0 radical (unpaired) electrons. The summed E-state index contributed by atoms with van der Waals surface area (Å²) in [4.78, 5) is 30.4. The lowest BCUT2D eigenvalue weighted by atomic mass is 10.2. The van der Waals surface area contributed by atoms with E-state index in [1.807, 2.05) is 65.6 Å². The molecule has 1 aliphatic rings. The van der Waals surface area contributed by atoms with Gasteiger partial charge in [0.15, 0.2) is 0 Å². The van der Waals surface area contributed by atoms with E-state index in [0.717, 1.165) is 11.1 Å². The second-order valence-electron chi connectivity index (χ2n) is 6.57. The number of benzene rings is 2. The fraction of sp³-hybridized carbons (Fsp3) is 0.333. The molecule has 0 unspecified atom stereocenters. The van der Waals surface area contributed by atoms with Crippen LogP contribution in [0, 0.1) is 0 Å². The van der Waals surface area contributed by atoms with Crippen LogP contribution in [0.1, 0.15) is 18.1 Å². The van der Waals surface area contributed by atoms with Crippen molar-refractivity contribution in [3.05, 3.63) is 71.8 Å². The molecule has 2 aromatic carbocycles. The molecular weight excluding hydrogens is 342 g/mol. The molecule has 0 aliphatic carbocycles. The summed E-state index contributed by atoms with van der Waals surface area (Å²) in [6, 6.07) is 19.7. The molecule has 0 bridgehead atoms. The van der Waals surface area contributed by atoms with Crippen LogP contribution in [0.2, 0.25) is 0 Å². The molecule has 0 N–H and O–H groups in total. The van der Waals surface area contributed by atoms with Gasteiger partial charge in [0.05, 0.1) is 26.5 Å². The first-order valence-electron chi connectivity index (χ1n) is 9.15. The van der Waals surface area contributed by atoms with Gasteiger partial charge in [0.25, 0.3) is 0 Å². The van der Waals surface area contributed by atoms with E-state index >= 15 is 0 Å². The quantitative estimate of drug-likeness (QED) is 0.706. The topological polar surface area (TPSA) is 53.1 Å². The number of esters is 1. The van der Waals surface area contributed by atoms with Gasteiger partial charge in [-0.15, -0.1) is 0 Å². The lowest BCUT2D eigenvalue weighted by Gasteiger charge is -2.41. The minimum Gasteiger partial charge on any atom is -0.465 e. The molecule has 3 rings (SSSR count). The Hall–Kier alpha value is -2.86. The Morgan fingerprint density at radius 1 is 0.889 bits per heavy atom. The van der Waals surface area contributed by atoms with E-state index in [-0.39, 0.29) is 18.5 Å². The summed E-state index contributed by atoms with van der Waals surface area (Å²) in [6.07, 6.45) is 0. The molecular formula is C21H25N3O3. The van der Waals surface area contributed by atoms with E-state index in [1.54, 1.807) is 16.7 Å². The number of carbonyl (C=O) groups excluding carboxylic acids is 2. The van der Waals surface area contributed by atoms with Crippen LogP contribution in [0.5, 0.6) is 0 Å². The van der Waals surface area contributed by atoms with Gasteiger partial charge >= 0.3 is 12.0 Å². The highest BCUT2D eigenvalue weighted by Gasteiger charge is 2.31. The van der Waals surface area contributed by atoms with Crippen molar-refractivity contribution in [1.82, 2.24) is 14.7 Å². The van der Waals surface area contributed by atoms with Gasteiger partial charge in [-0.2, -0.15) is 0 Å². The second-order valence-corrected chi connectivity index (χ2v) is 6.57. The zero-order valence-corrected chi connectivity index (χ0v) is 15.6. The Bertz CT molecular complexity index is 698. The van der Waals surface area contributed by atoms with Crippen molar-refractivity contribution in [2.24, 2.45) is 0 Å². The molecule has 0 saturated carbocycles. The molecule has 27 heavy (non-hydrogen) atoms. The maximum Gasteiger partial charge on any atom is 0.322 e. The van der Waals surface area contributed by atoms with E-state index in [1.165, 1.54) is 0 Å². The first kappa shape index (κ1) is 18.9. The van der Waals surface area contributed by atoms with Crippen LogP contribution in [0.15, 0.2) is 60.7 Å². The molecule has 2 amide bonds. The Morgan fingerprint density at radius 2 is 1.37 bits per heavy atom. The largest absolute Gasteiger partial charge is 0.465 e. The molecule has 0 spiro atoms. The molecule has 142 valence electrons. The maximum absolute atomic E-state index is 13.0. The minimum absolute atomic E-state index is 0.0252. The van der Waals surface area contributed by atoms with Crippen LogP contribution < -0.4 is 0 Å². The summed E-state index contributed by atoms with van der Waals surface area (Å²) in [5, 5.41) is 0. The number of amides is 2. The number of nitrogens with zero attached hydrogens (tertiary/aromatic N) is 3. The number of hydrogen-bond acceptors (Lipinski definition) is 4. The van der Waals surface area contributed by atoms with E-state index in [9.17, 15) is 9.59 Å². The Kier molecular flexibility index (Phi) is 6.44. The average molecular weight is 367 g/mol. The molecule has 6 nitrogen and oxygen atoms in total. The molecule has 1 heterocycles. The van der Waals surface area contributed by atoms with Crippen LogP contribution in [0.4, 0.5) is 4.79 Å². The van der Waals surface area contributed by atoms with Crippen molar-refractivity contribution in [2.45, 2.75) is 20.0 Å². The molecule has 0 atom stereocenters. The predicted octanol–water partition coefficient (Wildman–Crippen LogP) is 2.90. The summed E-state index contributed by atoms with van der Waals surface area (Å²) >= 11 is 0. The van der Waals surface area contributed by atoms with Crippen LogP contribution in [0.3, 0.4) is 0 Å². The first-order chi connectivity index (χ1) is 13.2. The SMILES string of the molecule is CCOC(=O)CN1CN(Cc2ccccc2)C(=O)N(Cc2ccccc2)C1. The summed E-state index contributed by atoms with van der Waals surface area (Å²) < 4.78 is 5.08. The van der Waals surface area contributed by atoms with Gasteiger partial charge in [-0.05, 0) is 18.1 Å². The summed E-state index contributed by atoms with van der Waals surface area (Å²) in [5.74, 6) is -0.272. The standard InChI is InChI=1S/C21H25N3O3/c1-2-27-20(25)15-22-16-23(13-18-9-5-3-6-10-18)21(26)24(17-22)14-19-11-7-4-8-12-19/h3-12H,2,13-17H2,1H3. The highest BCUT2D eigenvalue weighted by atomic mass is 16.5. The fourth-order valence-electron chi connectivity index (χ4n) is 3.18. The minimum atomic E-state index is -0.272. The predicted molar refractivity (Wildman–Crippen MR) is 102 cm³/mol. The second kappa shape index (κ2) is 9.19. The Labute approximate surface area is 159 Å². The monoisotopic (exact) mass is 367 g/mol. The fourth-order valence-corrected chi connectivity index (χ4v) is 3.18. The molecule has 0 aromatic heterocycles. The average Bonchev–Trinajstić information content (AvgIpc) is 2.67. The summed E-state index contributed by atoms with van der Waals surface area (Å²) in [7, 11) is 0. The van der Waals surface area contributed by atoms with Crippen molar-refractivity contribution in [2.75, 3.05) is 26.5 Å². The lowest BCUT2D eigenvalue weighted by molar-refractivity contribution is -0.146. The Balaban J connectivity index is 1.74. The number of hydrogen-bond donors (Lipinski definition) is 0. The van der Waals surface area contributed by atoms with E-state index in [4.69, 9.17) is 4.74 Å². The maximum atomic E-state index is 13.0. The number of rotatable bonds is 7. The number of ether oxygens (including phenoxy) is 1. The van der Waals surface area contributed by atoms with Gasteiger partial charge in [-0.1, -0.05) is 60.7 Å². The summed E-state index contributed by atoms with van der Waals surface area (Å²) in [5.41, 5.74) is 2.12. The van der Waals surface area contributed by atoms with Crippen molar-refractivity contribution in [3.8, 4) is 0 Å². The van der Waals surface area contributed by atoms with Crippen molar-refractivity contribution in [1.29, 1.82) is 0 Å². The normalized spacial score (nSPS) is 15.1. The van der Waals surface area contributed by atoms with E-state index < -0.39 is 0 Å². The van der Waals surface area contributed by atoms with Crippen LogP contribution in [0.25, 0.3) is 0 Å². The number of carbonyl (C=O) groups is 2. The van der Waals surface area contributed by atoms with Gasteiger partial charge in [0.2, 0.25) is 0 Å². The first-order valence-corrected chi connectivity index (χ1v) is 9.15. The molecule has 1 aliphatic heterocycles. The van der Waals surface area contributed by atoms with Crippen molar-refractivity contribution >= 4 is 12.0 Å². The van der Waals surface area contributed by atoms with Crippen LogP contribution >= 0.6 is 0 Å². The third kappa shape index (κ3) is 5.31. The third-order valence-corrected chi connectivity index (χ3v) is 4.37. The highest BCUT2D eigenvalue weighted by Crippen LogP contribution is 2.17. The van der Waals surface area contributed by atoms with Gasteiger partial charge in [-0.25, -0.2) is 4.79 Å². The van der Waals surface area contributed by atoms with Gasteiger partial charge < -0.3 is 14.5 Å². The van der Waals surface area contributed by atoms with Crippen molar-refractivity contribution < 1.29 is 14.3 Å². The lowest BCUT2D eigenvalue weighted by Crippen LogP contribution is -2.58. The zero-order chi connectivity index (χ0) is 19.1. The number of urea groups is 1. The highest BCUT2D eigenvalue weighted by molar-refractivity contribution is 5.76. The summed E-state index contributed by atoms with van der Waals surface area (Å²) in [6.45, 7) is 4.12. The van der Waals surface area contributed by atoms with E-state index in [0.29, 0.717) is 33.0 Å². The molecule has 2 aromatic rings. The molecule has 6 heteroatoms. The van der Waals surface area contributed by atoms with Gasteiger partial charge in [0, 0.05) is 13.1 Å². The van der Waals surface area contributed by atoms with Crippen LogP contribution in [-0.4, -0.2) is 53.2 Å². The van der Waals surface area contributed by atoms with Crippen LogP contribution in [-0.2, 0) is 22.6 Å². The molecule has 1 fully saturated rings.